The number of alkyl halides is 2. The second kappa shape index (κ2) is 10.8. The molecule has 1 unspecified atom stereocenters. The fourth-order valence-corrected chi connectivity index (χ4v) is 3.13. The van der Waals surface area contributed by atoms with Gasteiger partial charge in [-0.25, -0.2) is 0 Å². The molecule has 8 heteroatoms. The lowest BCUT2D eigenvalue weighted by Crippen LogP contribution is -2.40. The van der Waals surface area contributed by atoms with Crippen LogP contribution < -0.4 is 10.1 Å². The van der Waals surface area contributed by atoms with Gasteiger partial charge < -0.3 is 24.1 Å². The Labute approximate surface area is 169 Å². The Morgan fingerprint density at radius 2 is 2.14 bits per heavy atom. The van der Waals surface area contributed by atoms with Crippen molar-refractivity contribution in [1.29, 1.82) is 0 Å². The molecule has 0 spiro atoms. The molecule has 158 valence electrons. The van der Waals surface area contributed by atoms with E-state index in [9.17, 15) is 8.78 Å². The van der Waals surface area contributed by atoms with E-state index in [0.717, 1.165) is 43.3 Å². The summed E-state index contributed by atoms with van der Waals surface area (Å²) in [4.78, 5) is 6.79. The maximum Gasteiger partial charge on any atom is 0.387 e. The smallest absolute Gasteiger partial charge is 0.387 e. The number of aliphatic imine (C=N–C) groups is 1. The van der Waals surface area contributed by atoms with Crippen molar-refractivity contribution in [1.82, 2.24) is 10.2 Å². The number of ether oxygens (including phenoxy) is 2. The Bertz CT molecular complexity index is 745. The summed E-state index contributed by atoms with van der Waals surface area (Å²) in [5, 5.41) is 3.39. The maximum absolute atomic E-state index is 12.3. The Morgan fingerprint density at radius 3 is 2.79 bits per heavy atom. The zero-order valence-corrected chi connectivity index (χ0v) is 16.5. The third-order valence-corrected chi connectivity index (χ3v) is 4.69. The molecule has 1 aromatic heterocycles. The van der Waals surface area contributed by atoms with Gasteiger partial charge in [-0.2, -0.15) is 8.78 Å². The lowest BCUT2D eigenvalue weighted by atomic mass is 10.1. The summed E-state index contributed by atoms with van der Waals surface area (Å²) in [6.45, 7) is 0.708. The van der Waals surface area contributed by atoms with Crippen LogP contribution >= 0.6 is 0 Å². The number of halogens is 2. The van der Waals surface area contributed by atoms with Crippen LogP contribution in [-0.4, -0.2) is 50.8 Å². The highest BCUT2D eigenvalue weighted by Crippen LogP contribution is 2.16. The van der Waals surface area contributed by atoms with Crippen molar-refractivity contribution in [2.45, 2.75) is 26.0 Å². The Kier molecular flexibility index (Phi) is 7.86. The molecule has 1 aliphatic rings. The van der Waals surface area contributed by atoms with Crippen LogP contribution in [-0.2, 0) is 17.7 Å². The molecule has 3 rings (SSSR count). The molecule has 1 atom stereocenters. The number of hydrogen-bond acceptors (Lipinski definition) is 4. The minimum atomic E-state index is -2.82. The summed E-state index contributed by atoms with van der Waals surface area (Å²) < 4.78 is 39.8. The van der Waals surface area contributed by atoms with Crippen LogP contribution in [0.5, 0.6) is 5.75 Å². The highest BCUT2D eigenvalue weighted by molar-refractivity contribution is 5.79. The number of furan rings is 1. The summed E-state index contributed by atoms with van der Waals surface area (Å²) in [5.74, 6) is 2.30. The minimum absolute atomic E-state index is 0.151. The Morgan fingerprint density at radius 1 is 1.31 bits per heavy atom. The predicted molar refractivity (Wildman–Crippen MR) is 106 cm³/mol. The third-order valence-electron chi connectivity index (χ3n) is 4.69. The molecule has 2 aromatic rings. The van der Waals surface area contributed by atoms with E-state index < -0.39 is 6.61 Å². The summed E-state index contributed by atoms with van der Waals surface area (Å²) in [6.07, 6.45) is 3.45. The minimum Gasteiger partial charge on any atom is -0.469 e. The third kappa shape index (κ3) is 7.05. The Hall–Kier alpha value is -2.61. The monoisotopic (exact) mass is 407 g/mol. The first-order chi connectivity index (χ1) is 14.1. The number of guanidine groups is 1. The average Bonchev–Trinajstić information content (AvgIpc) is 3.39. The zero-order chi connectivity index (χ0) is 20.5. The van der Waals surface area contributed by atoms with Gasteiger partial charge in [-0.05, 0) is 36.2 Å². The summed E-state index contributed by atoms with van der Waals surface area (Å²) in [6, 6.07) is 10.5. The maximum atomic E-state index is 12.3. The predicted octanol–water partition coefficient (Wildman–Crippen LogP) is 3.54. The van der Waals surface area contributed by atoms with Crippen molar-refractivity contribution >= 4 is 5.96 Å². The molecule has 0 radical (unpaired) electrons. The number of benzene rings is 1. The van der Waals surface area contributed by atoms with Crippen LogP contribution in [0.25, 0.3) is 0 Å². The summed E-state index contributed by atoms with van der Waals surface area (Å²) in [5.41, 5.74) is 0.971. The van der Waals surface area contributed by atoms with Gasteiger partial charge in [-0.3, -0.25) is 4.99 Å². The molecule has 29 heavy (non-hydrogen) atoms. The molecule has 1 fully saturated rings. The fourth-order valence-electron chi connectivity index (χ4n) is 3.13. The standard InChI is InChI=1S/C21H27F2N3O3/c1-26(14-16-4-6-19(7-5-16)29-20(22)23)21(25-13-17-9-12-27-15-17)24-10-8-18-3-2-11-28-18/h2-7,11,17,20H,8-10,12-15H2,1H3,(H,24,25). The molecule has 6 nitrogen and oxygen atoms in total. The van der Waals surface area contributed by atoms with Gasteiger partial charge in [0.05, 0.1) is 12.9 Å². The molecule has 0 bridgehead atoms. The van der Waals surface area contributed by atoms with Crippen molar-refractivity contribution in [3.63, 3.8) is 0 Å². The number of nitrogens with one attached hydrogen (secondary N) is 1. The van der Waals surface area contributed by atoms with Gasteiger partial charge in [0.15, 0.2) is 5.96 Å². The van der Waals surface area contributed by atoms with Gasteiger partial charge in [0.25, 0.3) is 0 Å². The van der Waals surface area contributed by atoms with E-state index in [4.69, 9.17) is 14.1 Å². The van der Waals surface area contributed by atoms with Gasteiger partial charge >= 0.3 is 6.61 Å². The normalized spacial score (nSPS) is 17.0. The highest BCUT2D eigenvalue weighted by atomic mass is 19.3. The highest BCUT2D eigenvalue weighted by Gasteiger charge is 2.16. The first-order valence-corrected chi connectivity index (χ1v) is 9.73. The lowest BCUT2D eigenvalue weighted by Gasteiger charge is -2.23. The van der Waals surface area contributed by atoms with Gasteiger partial charge in [0.1, 0.15) is 11.5 Å². The zero-order valence-electron chi connectivity index (χ0n) is 16.5. The fraction of sp³-hybridized carbons (Fsp3) is 0.476. The van der Waals surface area contributed by atoms with E-state index in [0.29, 0.717) is 25.6 Å². The molecule has 0 aliphatic carbocycles. The molecule has 1 N–H and O–H groups in total. The van der Waals surface area contributed by atoms with E-state index in [1.165, 1.54) is 0 Å². The van der Waals surface area contributed by atoms with Crippen molar-refractivity contribution in [2.24, 2.45) is 10.9 Å². The van der Waals surface area contributed by atoms with Crippen molar-refractivity contribution in [3.8, 4) is 5.75 Å². The first kappa shape index (κ1) is 21.1. The van der Waals surface area contributed by atoms with Crippen molar-refractivity contribution in [2.75, 3.05) is 33.4 Å². The van der Waals surface area contributed by atoms with Crippen LogP contribution in [0.4, 0.5) is 8.78 Å². The number of nitrogens with zero attached hydrogens (tertiary/aromatic N) is 2. The first-order valence-electron chi connectivity index (χ1n) is 9.73. The molecule has 0 saturated carbocycles. The number of hydrogen-bond donors (Lipinski definition) is 1. The lowest BCUT2D eigenvalue weighted by molar-refractivity contribution is -0.0498. The van der Waals surface area contributed by atoms with Gasteiger partial charge in [-0.1, -0.05) is 12.1 Å². The average molecular weight is 407 g/mol. The Balaban J connectivity index is 1.58. The van der Waals surface area contributed by atoms with Crippen molar-refractivity contribution < 1.29 is 22.7 Å². The van der Waals surface area contributed by atoms with Gasteiger partial charge in [-0.15, -0.1) is 0 Å². The SMILES string of the molecule is CN(Cc1ccc(OC(F)F)cc1)C(=NCC1CCOC1)NCCc1ccco1. The second-order valence-electron chi connectivity index (χ2n) is 7.03. The van der Waals surface area contributed by atoms with Crippen LogP contribution in [0, 0.1) is 5.92 Å². The largest absolute Gasteiger partial charge is 0.469 e. The van der Waals surface area contributed by atoms with Crippen molar-refractivity contribution in [3.05, 3.63) is 54.0 Å². The molecule has 1 aromatic carbocycles. The van der Waals surface area contributed by atoms with Crippen LogP contribution in [0.1, 0.15) is 17.7 Å². The van der Waals surface area contributed by atoms with Crippen LogP contribution in [0.3, 0.4) is 0 Å². The molecule has 0 amide bonds. The molecule has 1 saturated heterocycles. The second-order valence-corrected chi connectivity index (χ2v) is 7.03. The molecular formula is C21H27F2N3O3. The molecule has 1 aliphatic heterocycles. The van der Waals surface area contributed by atoms with E-state index in [1.807, 2.05) is 24.1 Å². The van der Waals surface area contributed by atoms with E-state index in [2.05, 4.69) is 10.1 Å². The molecule has 2 heterocycles. The van der Waals surface area contributed by atoms with E-state index >= 15 is 0 Å². The van der Waals surface area contributed by atoms with Gasteiger partial charge in [0, 0.05) is 45.6 Å². The van der Waals surface area contributed by atoms with E-state index in [-0.39, 0.29) is 5.75 Å². The van der Waals surface area contributed by atoms with Gasteiger partial charge in [0.2, 0.25) is 0 Å². The number of rotatable bonds is 9. The summed E-state index contributed by atoms with van der Waals surface area (Å²) >= 11 is 0. The van der Waals surface area contributed by atoms with Crippen LogP contribution in [0.15, 0.2) is 52.1 Å². The van der Waals surface area contributed by atoms with Crippen LogP contribution in [0.2, 0.25) is 0 Å². The quantitative estimate of drug-likeness (QED) is 0.509. The molecular weight excluding hydrogens is 380 g/mol. The summed E-state index contributed by atoms with van der Waals surface area (Å²) in [7, 11) is 1.95. The topological polar surface area (TPSA) is 59.2 Å². The van der Waals surface area contributed by atoms with E-state index in [1.54, 1.807) is 30.5 Å².